The molecule has 0 amide bonds. The van der Waals surface area contributed by atoms with Gasteiger partial charge in [-0.05, 0) is 32.4 Å². The maximum Gasteiger partial charge on any atom is 0.303 e. The van der Waals surface area contributed by atoms with E-state index in [1.165, 1.54) is 0 Å². The SMILES string of the molecule is O=C(O)CCCS(=O)(=O)CCN1CCCC1. The van der Waals surface area contributed by atoms with E-state index in [1.54, 1.807) is 0 Å². The quantitative estimate of drug-likeness (QED) is 0.705. The average molecular weight is 249 g/mol. The normalized spacial score (nSPS) is 17.8. The van der Waals surface area contributed by atoms with Gasteiger partial charge in [0.25, 0.3) is 0 Å². The molecule has 1 heterocycles. The zero-order chi connectivity index (χ0) is 12.0. The van der Waals surface area contributed by atoms with Crippen LogP contribution in [0.25, 0.3) is 0 Å². The highest BCUT2D eigenvalue weighted by Crippen LogP contribution is 2.07. The average Bonchev–Trinajstić information content (AvgIpc) is 2.66. The van der Waals surface area contributed by atoms with Crippen molar-refractivity contribution in [1.29, 1.82) is 0 Å². The first-order chi connectivity index (χ1) is 7.49. The molecule has 0 bridgehead atoms. The van der Waals surface area contributed by atoms with Gasteiger partial charge in [-0.3, -0.25) is 4.79 Å². The van der Waals surface area contributed by atoms with E-state index in [-0.39, 0.29) is 24.3 Å². The highest BCUT2D eigenvalue weighted by atomic mass is 32.2. The second-order valence-electron chi connectivity index (χ2n) is 4.20. The molecule has 16 heavy (non-hydrogen) atoms. The number of rotatable bonds is 7. The summed E-state index contributed by atoms with van der Waals surface area (Å²) in [6.07, 6.45) is 2.46. The van der Waals surface area contributed by atoms with Gasteiger partial charge < -0.3 is 10.0 Å². The molecular weight excluding hydrogens is 230 g/mol. The standard InChI is InChI=1S/C10H19NO4S/c12-10(13)4-3-8-16(14,15)9-7-11-5-1-2-6-11/h1-9H2,(H,12,13). The van der Waals surface area contributed by atoms with Gasteiger partial charge in [0.05, 0.1) is 11.5 Å². The van der Waals surface area contributed by atoms with Crippen LogP contribution in [0.15, 0.2) is 0 Å². The van der Waals surface area contributed by atoms with Crippen molar-refractivity contribution < 1.29 is 18.3 Å². The van der Waals surface area contributed by atoms with Crippen LogP contribution in [0.4, 0.5) is 0 Å². The molecular formula is C10H19NO4S. The number of nitrogens with zero attached hydrogens (tertiary/aromatic N) is 1. The van der Waals surface area contributed by atoms with Gasteiger partial charge >= 0.3 is 5.97 Å². The van der Waals surface area contributed by atoms with Crippen LogP contribution in [-0.2, 0) is 14.6 Å². The van der Waals surface area contributed by atoms with Gasteiger partial charge in [-0.2, -0.15) is 0 Å². The first-order valence-corrected chi connectivity index (χ1v) is 7.46. The van der Waals surface area contributed by atoms with Crippen molar-refractivity contribution in [3.8, 4) is 0 Å². The Balaban J connectivity index is 2.20. The fraction of sp³-hybridized carbons (Fsp3) is 0.900. The third kappa shape index (κ3) is 5.46. The molecule has 0 unspecified atom stereocenters. The van der Waals surface area contributed by atoms with E-state index in [1.807, 2.05) is 0 Å². The molecule has 0 spiro atoms. The summed E-state index contributed by atoms with van der Waals surface area (Å²) in [5, 5.41) is 8.41. The van der Waals surface area contributed by atoms with Gasteiger partial charge in [0.15, 0.2) is 9.84 Å². The van der Waals surface area contributed by atoms with E-state index >= 15 is 0 Å². The van der Waals surface area contributed by atoms with E-state index in [9.17, 15) is 13.2 Å². The Bertz CT molecular complexity index is 320. The van der Waals surface area contributed by atoms with Crippen LogP contribution in [-0.4, -0.2) is 55.5 Å². The van der Waals surface area contributed by atoms with Crippen molar-refractivity contribution in [2.45, 2.75) is 25.7 Å². The van der Waals surface area contributed by atoms with Crippen LogP contribution in [0.5, 0.6) is 0 Å². The molecule has 0 aromatic heterocycles. The maximum atomic E-state index is 11.5. The molecule has 0 aliphatic carbocycles. The van der Waals surface area contributed by atoms with E-state index in [2.05, 4.69) is 4.90 Å². The van der Waals surface area contributed by atoms with Crippen LogP contribution in [0.3, 0.4) is 0 Å². The third-order valence-electron chi connectivity index (χ3n) is 2.76. The molecule has 0 saturated carbocycles. The summed E-state index contributed by atoms with van der Waals surface area (Å²) in [5.41, 5.74) is 0. The van der Waals surface area contributed by atoms with Gasteiger partial charge in [0, 0.05) is 13.0 Å². The number of carbonyl (C=O) groups is 1. The fourth-order valence-electron chi connectivity index (χ4n) is 1.82. The lowest BCUT2D eigenvalue weighted by molar-refractivity contribution is -0.137. The Morgan fingerprint density at radius 2 is 1.81 bits per heavy atom. The first-order valence-electron chi connectivity index (χ1n) is 5.64. The third-order valence-corrected chi connectivity index (χ3v) is 4.48. The van der Waals surface area contributed by atoms with Crippen LogP contribution in [0, 0.1) is 0 Å². The topological polar surface area (TPSA) is 74.7 Å². The monoisotopic (exact) mass is 249 g/mol. The Morgan fingerprint density at radius 1 is 1.19 bits per heavy atom. The molecule has 0 atom stereocenters. The van der Waals surface area contributed by atoms with Gasteiger partial charge in [-0.25, -0.2) is 8.42 Å². The van der Waals surface area contributed by atoms with Crippen molar-refractivity contribution >= 4 is 15.8 Å². The van der Waals surface area contributed by atoms with Gasteiger partial charge in [0.1, 0.15) is 0 Å². The number of hydrogen-bond donors (Lipinski definition) is 1. The zero-order valence-corrected chi connectivity index (χ0v) is 10.2. The Morgan fingerprint density at radius 3 is 2.38 bits per heavy atom. The minimum Gasteiger partial charge on any atom is -0.481 e. The number of carboxylic acid groups (broad SMARTS) is 1. The van der Waals surface area contributed by atoms with Crippen molar-refractivity contribution in [3.63, 3.8) is 0 Å². The highest BCUT2D eigenvalue weighted by molar-refractivity contribution is 7.91. The fourth-order valence-corrected chi connectivity index (χ4v) is 3.14. The molecule has 0 radical (unpaired) electrons. The van der Waals surface area contributed by atoms with Crippen molar-refractivity contribution in [3.05, 3.63) is 0 Å². The summed E-state index contributed by atoms with van der Waals surface area (Å²) in [6, 6.07) is 0. The summed E-state index contributed by atoms with van der Waals surface area (Å²) in [4.78, 5) is 12.4. The molecule has 94 valence electrons. The minimum absolute atomic E-state index is 0.00681. The largest absolute Gasteiger partial charge is 0.481 e. The molecule has 1 N–H and O–H groups in total. The van der Waals surface area contributed by atoms with Crippen molar-refractivity contribution in [2.24, 2.45) is 0 Å². The van der Waals surface area contributed by atoms with E-state index in [0.717, 1.165) is 25.9 Å². The molecule has 1 saturated heterocycles. The molecule has 6 heteroatoms. The number of hydrogen-bond acceptors (Lipinski definition) is 4. The number of likely N-dealkylation sites (tertiary alicyclic amines) is 1. The Hall–Kier alpha value is -0.620. The minimum atomic E-state index is -3.07. The molecule has 1 aliphatic rings. The maximum absolute atomic E-state index is 11.5. The smallest absolute Gasteiger partial charge is 0.303 e. The molecule has 1 fully saturated rings. The predicted molar refractivity (Wildman–Crippen MR) is 61.2 cm³/mol. The lowest BCUT2D eigenvalue weighted by Gasteiger charge is -2.13. The summed E-state index contributed by atoms with van der Waals surface area (Å²) in [7, 11) is -3.07. The Labute approximate surface area is 96.4 Å². The van der Waals surface area contributed by atoms with Gasteiger partial charge in [-0.1, -0.05) is 0 Å². The van der Waals surface area contributed by atoms with E-state index < -0.39 is 15.8 Å². The molecule has 5 nitrogen and oxygen atoms in total. The van der Waals surface area contributed by atoms with Gasteiger partial charge in [-0.15, -0.1) is 0 Å². The summed E-state index contributed by atoms with van der Waals surface area (Å²) >= 11 is 0. The Kier molecular flexibility index (Phi) is 5.21. The van der Waals surface area contributed by atoms with Crippen LogP contribution in [0.2, 0.25) is 0 Å². The number of aliphatic carboxylic acids is 1. The predicted octanol–water partition coefficient (Wildman–Crippen LogP) is 0.362. The second-order valence-corrected chi connectivity index (χ2v) is 6.50. The second kappa shape index (κ2) is 6.20. The van der Waals surface area contributed by atoms with Gasteiger partial charge in [0.2, 0.25) is 0 Å². The first kappa shape index (κ1) is 13.4. The molecule has 0 aromatic carbocycles. The van der Waals surface area contributed by atoms with Crippen molar-refractivity contribution in [2.75, 3.05) is 31.1 Å². The molecule has 1 aliphatic heterocycles. The van der Waals surface area contributed by atoms with Crippen LogP contribution < -0.4 is 0 Å². The zero-order valence-electron chi connectivity index (χ0n) is 9.39. The number of carboxylic acids is 1. The summed E-state index contributed by atoms with van der Waals surface area (Å²) < 4.78 is 23.1. The lowest BCUT2D eigenvalue weighted by Crippen LogP contribution is -2.27. The lowest BCUT2D eigenvalue weighted by atomic mass is 10.3. The van der Waals surface area contributed by atoms with E-state index in [0.29, 0.717) is 6.54 Å². The highest BCUT2D eigenvalue weighted by Gasteiger charge is 2.16. The summed E-state index contributed by atoms with van der Waals surface area (Å²) in [6.45, 7) is 2.57. The summed E-state index contributed by atoms with van der Waals surface area (Å²) in [5.74, 6) is -0.783. The van der Waals surface area contributed by atoms with Crippen LogP contribution in [0.1, 0.15) is 25.7 Å². The molecule has 1 rings (SSSR count). The van der Waals surface area contributed by atoms with E-state index in [4.69, 9.17) is 5.11 Å². The molecule has 0 aromatic rings. The number of sulfone groups is 1. The van der Waals surface area contributed by atoms with Crippen molar-refractivity contribution in [1.82, 2.24) is 4.90 Å². The van der Waals surface area contributed by atoms with Crippen LogP contribution >= 0.6 is 0 Å².